The highest BCUT2D eigenvalue weighted by Gasteiger charge is 2.66. The van der Waals surface area contributed by atoms with Crippen molar-refractivity contribution in [3.8, 4) is 5.75 Å². The highest BCUT2D eigenvalue weighted by Crippen LogP contribution is 2.60. The van der Waals surface area contributed by atoms with Crippen LogP contribution in [-0.4, -0.2) is 24.3 Å². The largest absolute Gasteiger partial charge is 0.462 e. The van der Waals surface area contributed by atoms with Crippen LogP contribution in [0.15, 0.2) is 33.5 Å². The molecule has 2 aliphatic rings. The van der Waals surface area contributed by atoms with Gasteiger partial charge in [-0.05, 0) is 50.3 Å². The average molecular weight is 398 g/mol. The molecule has 7 nitrogen and oxygen atoms in total. The smallest absolute Gasteiger partial charge is 0.351 e. The molecule has 0 saturated heterocycles. The highest BCUT2D eigenvalue weighted by molar-refractivity contribution is 6.09. The molecule has 2 fully saturated rings. The summed E-state index contributed by atoms with van der Waals surface area (Å²) in [4.78, 5) is 49.7. The van der Waals surface area contributed by atoms with Gasteiger partial charge in [-0.15, -0.1) is 0 Å². The standard InChI is InChI=1S/C22H22O7/c1-4-27-17(23)15-9-12-5-6-14(10-16(12)29-18(15)24)28-20(26)22-8-7-13(11-22)21(2,3)19(22)25/h5-6,9-10,13H,4,7-8,11H2,1-3H3. The molecule has 7 heteroatoms. The fourth-order valence-corrected chi connectivity index (χ4v) is 4.66. The molecule has 4 rings (SSSR count). The molecule has 0 N–H and O–H groups in total. The number of esters is 2. The van der Waals surface area contributed by atoms with Crippen molar-refractivity contribution in [2.75, 3.05) is 6.61 Å². The van der Waals surface area contributed by atoms with Crippen LogP contribution in [0.1, 0.15) is 50.4 Å². The predicted octanol–water partition coefficient (Wildman–Crippen LogP) is 3.27. The molecule has 2 unspecified atom stereocenters. The van der Waals surface area contributed by atoms with E-state index < -0.39 is 28.4 Å². The van der Waals surface area contributed by atoms with Gasteiger partial charge in [0.15, 0.2) is 5.78 Å². The SMILES string of the molecule is CCOC(=O)c1cc2ccc(OC(=O)C34CCC(C3)C(C)(C)C4=O)cc2oc1=O. The second kappa shape index (κ2) is 6.54. The van der Waals surface area contributed by atoms with Gasteiger partial charge in [-0.2, -0.15) is 0 Å². The Bertz CT molecular complexity index is 1090. The van der Waals surface area contributed by atoms with E-state index in [0.29, 0.717) is 18.2 Å². The highest BCUT2D eigenvalue weighted by atomic mass is 16.5. The van der Waals surface area contributed by atoms with Crippen LogP contribution in [0.5, 0.6) is 5.75 Å². The van der Waals surface area contributed by atoms with Crippen LogP contribution in [0, 0.1) is 16.7 Å². The van der Waals surface area contributed by atoms with Crippen LogP contribution in [0.4, 0.5) is 0 Å². The van der Waals surface area contributed by atoms with Gasteiger partial charge in [0.05, 0.1) is 6.61 Å². The van der Waals surface area contributed by atoms with Crippen molar-refractivity contribution in [1.82, 2.24) is 0 Å². The maximum atomic E-state index is 12.9. The molecule has 2 aromatic rings. The van der Waals surface area contributed by atoms with Crippen LogP contribution in [0.3, 0.4) is 0 Å². The summed E-state index contributed by atoms with van der Waals surface area (Å²) in [7, 11) is 0. The van der Waals surface area contributed by atoms with Crippen LogP contribution < -0.4 is 10.4 Å². The maximum Gasteiger partial charge on any atom is 0.351 e. The Morgan fingerprint density at radius 3 is 2.62 bits per heavy atom. The summed E-state index contributed by atoms with van der Waals surface area (Å²) in [6, 6.07) is 5.92. The van der Waals surface area contributed by atoms with E-state index >= 15 is 0 Å². The summed E-state index contributed by atoms with van der Waals surface area (Å²) in [5.41, 5.74) is -2.45. The number of hydrogen-bond donors (Lipinski definition) is 0. The van der Waals surface area contributed by atoms with Gasteiger partial charge in [0.25, 0.3) is 0 Å². The zero-order valence-electron chi connectivity index (χ0n) is 16.6. The molecule has 0 aliphatic heterocycles. The van der Waals surface area contributed by atoms with Gasteiger partial charge >= 0.3 is 17.6 Å². The lowest BCUT2D eigenvalue weighted by molar-refractivity contribution is -0.153. The third-order valence-corrected chi connectivity index (χ3v) is 6.36. The van der Waals surface area contributed by atoms with Crippen LogP contribution in [0.2, 0.25) is 0 Å². The van der Waals surface area contributed by atoms with E-state index in [9.17, 15) is 19.2 Å². The summed E-state index contributed by atoms with van der Waals surface area (Å²) in [5, 5.41) is 0.490. The summed E-state index contributed by atoms with van der Waals surface area (Å²) in [6.07, 6.45) is 1.85. The molecule has 1 heterocycles. The molecule has 1 aromatic carbocycles. The topological polar surface area (TPSA) is 99.9 Å². The summed E-state index contributed by atoms with van der Waals surface area (Å²) < 4.78 is 15.6. The van der Waals surface area contributed by atoms with E-state index in [2.05, 4.69) is 0 Å². The normalized spacial score (nSPS) is 24.7. The van der Waals surface area contributed by atoms with Gasteiger partial charge in [-0.3, -0.25) is 9.59 Å². The molecular weight excluding hydrogens is 376 g/mol. The lowest BCUT2D eigenvalue weighted by atomic mass is 9.71. The van der Waals surface area contributed by atoms with Crippen molar-refractivity contribution in [3.05, 3.63) is 40.2 Å². The number of Topliss-reactive ketones (excluding diaryl/α,β-unsaturated/α-hetero) is 1. The van der Waals surface area contributed by atoms with Gasteiger partial charge in [0, 0.05) is 16.9 Å². The van der Waals surface area contributed by atoms with Crippen molar-refractivity contribution in [2.45, 2.75) is 40.0 Å². The second-order valence-corrected chi connectivity index (χ2v) is 8.33. The number of fused-ring (bicyclic) bond motifs is 3. The van der Waals surface area contributed by atoms with Crippen molar-refractivity contribution < 1.29 is 28.3 Å². The Kier molecular flexibility index (Phi) is 4.37. The van der Waals surface area contributed by atoms with E-state index in [-0.39, 0.29) is 35.2 Å². The molecule has 2 bridgehead atoms. The molecular formula is C22H22O7. The van der Waals surface area contributed by atoms with Gasteiger partial charge in [-0.1, -0.05) is 13.8 Å². The first-order valence-electron chi connectivity index (χ1n) is 9.71. The van der Waals surface area contributed by atoms with E-state index in [1.165, 1.54) is 12.1 Å². The fourth-order valence-electron chi connectivity index (χ4n) is 4.66. The summed E-state index contributed by atoms with van der Waals surface area (Å²) in [6.45, 7) is 5.56. The maximum absolute atomic E-state index is 12.9. The Hall–Kier alpha value is -2.96. The van der Waals surface area contributed by atoms with Gasteiger partial charge in [-0.25, -0.2) is 9.59 Å². The number of hydrogen-bond acceptors (Lipinski definition) is 7. The van der Waals surface area contributed by atoms with Crippen molar-refractivity contribution in [3.63, 3.8) is 0 Å². The number of carbonyl (C=O) groups is 3. The number of benzene rings is 1. The molecule has 29 heavy (non-hydrogen) atoms. The Morgan fingerprint density at radius 1 is 1.21 bits per heavy atom. The third-order valence-electron chi connectivity index (χ3n) is 6.36. The zero-order valence-corrected chi connectivity index (χ0v) is 16.6. The average Bonchev–Trinajstić information content (AvgIpc) is 3.20. The first kappa shape index (κ1) is 19.4. The molecule has 0 amide bonds. The molecule has 0 radical (unpaired) electrons. The number of rotatable bonds is 4. The van der Waals surface area contributed by atoms with Crippen molar-refractivity contribution >= 4 is 28.7 Å². The minimum absolute atomic E-state index is 0.0577. The Labute approximate surface area is 167 Å². The van der Waals surface area contributed by atoms with Gasteiger partial charge in [0.2, 0.25) is 0 Å². The third kappa shape index (κ3) is 2.87. The van der Waals surface area contributed by atoms with E-state index in [4.69, 9.17) is 13.9 Å². The number of ketones is 1. The quantitative estimate of drug-likeness (QED) is 0.337. The van der Waals surface area contributed by atoms with E-state index in [1.54, 1.807) is 19.1 Å². The molecule has 2 aliphatic carbocycles. The van der Waals surface area contributed by atoms with Crippen LogP contribution in [0.25, 0.3) is 11.0 Å². The van der Waals surface area contributed by atoms with Crippen LogP contribution >= 0.6 is 0 Å². The Balaban J connectivity index is 1.62. The van der Waals surface area contributed by atoms with E-state index in [1.807, 2.05) is 13.8 Å². The molecule has 0 spiro atoms. The number of ether oxygens (including phenoxy) is 2. The monoisotopic (exact) mass is 398 g/mol. The summed E-state index contributed by atoms with van der Waals surface area (Å²) >= 11 is 0. The minimum Gasteiger partial charge on any atom is -0.462 e. The van der Waals surface area contributed by atoms with E-state index in [0.717, 1.165) is 6.42 Å². The number of carbonyl (C=O) groups excluding carboxylic acids is 3. The summed E-state index contributed by atoms with van der Waals surface area (Å²) in [5.74, 6) is -0.989. The fraction of sp³-hybridized carbons (Fsp3) is 0.455. The lowest BCUT2D eigenvalue weighted by Gasteiger charge is -2.31. The van der Waals surface area contributed by atoms with Gasteiger partial charge in [0.1, 0.15) is 22.3 Å². The molecule has 2 atom stereocenters. The predicted molar refractivity (Wildman–Crippen MR) is 103 cm³/mol. The first-order valence-corrected chi connectivity index (χ1v) is 9.71. The molecule has 1 aromatic heterocycles. The van der Waals surface area contributed by atoms with Crippen molar-refractivity contribution in [1.29, 1.82) is 0 Å². The van der Waals surface area contributed by atoms with Gasteiger partial charge < -0.3 is 13.9 Å². The minimum atomic E-state index is -1.09. The molecule has 2 saturated carbocycles. The lowest BCUT2D eigenvalue weighted by Crippen LogP contribution is -2.43. The van der Waals surface area contributed by atoms with Crippen LogP contribution in [-0.2, 0) is 14.3 Å². The van der Waals surface area contributed by atoms with Crippen molar-refractivity contribution in [2.24, 2.45) is 16.7 Å². The Morgan fingerprint density at radius 2 is 1.97 bits per heavy atom. The zero-order chi connectivity index (χ0) is 21.0. The second-order valence-electron chi connectivity index (χ2n) is 8.33. The first-order chi connectivity index (χ1) is 13.7. The molecule has 152 valence electrons.